The number of aryl methyl sites for hydroxylation is 1. The first-order valence-corrected chi connectivity index (χ1v) is 10.5. The number of nitrogens with zero attached hydrogens (tertiary/aromatic N) is 2. The third kappa shape index (κ3) is 4.65. The predicted octanol–water partition coefficient (Wildman–Crippen LogP) is 5.45. The van der Waals surface area contributed by atoms with Crippen LogP contribution >= 0.6 is 11.3 Å². The van der Waals surface area contributed by atoms with Crippen molar-refractivity contribution in [2.45, 2.75) is 13.8 Å². The van der Waals surface area contributed by atoms with Crippen molar-refractivity contribution >= 4 is 39.7 Å². The molecule has 0 bridgehead atoms. The van der Waals surface area contributed by atoms with Crippen molar-refractivity contribution in [2.24, 2.45) is 0 Å². The molecule has 7 nitrogen and oxygen atoms in total. The first kappa shape index (κ1) is 20.4. The summed E-state index contributed by atoms with van der Waals surface area (Å²) < 4.78 is 1.81. The molecular weight excluding hydrogens is 410 g/mol. The van der Waals surface area contributed by atoms with Crippen LogP contribution < -0.4 is 16.0 Å². The SMILES string of the molecule is Cc1nn(-c2ccccc2)c(C)c1NC(=O)c1ccc(NC(=O)Nc2ccccc2)s1. The molecular formula is C23H21N5O2S. The van der Waals surface area contributed by atoms with Gasteiger partial charge in [-0.05, 0) is 50.2 Å². The summed E-state index contributed by atoms with van der Waals surface area (Å²) in [5, 5.41) is 13.6. The minimum Gasteiger partial charge on any atom is -0.318 e. The molecule has 2 heterocycles. The number of thiophene rings is 1. The van der Waals surface area contributed by atoms with Gasteiger partial charge in [0.15, 0.2) is 0 Å². The van der Waals surface area contributed by atoms with E-state index in [4.69, 9.17) is 0 Å². The van der Waals surface area contributed by atoms with E-state index < -0.39 is 0 Å². The monoisotopic (exact) mass is 431 g/mol. The second-order valence-corrected chi connectivity index (χ2v) is 7.94. The lowest BCUT2D eigenvalue weighted by Crippen LogP contribution is -2.18. The Bertz CT molecular complexity index is 1220. The molecule has 0 aliphatic rings. The summed E-state index contributed by atoms with van der Waals surface area (Å²) in [6.45, 7) is 3.77. The molecule has 31 heavy (non-hydrogen) atoms. The quantitative estimate of drug-likeness (QED) is 0.393. The van der Waals surface area contributed by atoms with E-state index in [1.54, 1.807) is 28.9 Å². The Kier molecular flexibility index (Phi) is 5.81. The number of rotatable bonds is 5. The molecule has 0 unspecified atom stereocenters. The number of anilines is 3. The molecule has 4 rings (SSSR count). The number of hydrogen-bond acceptors (Lipinski definition) is 4. The standard InChI is InChI=1S/C23H21N5O2S/c1-15-21(16(2)28(27-15)18-11-7-4-8-12-18)26-22(29)19-13-14-20(31-19)25-23(30)24-17-9-5-3-6-10-17/h3-14H,1-2H3,(H,26,29)(H2,24,25,30). The van der Waals surface area contributed by atoms with Gasteiger partial charge in [0.05, 0.1) is 32.6 Å². The van der Waals surface area contributed by atoms with Crippen LogP contribution in [0.1, 0.15) is 21.1 Å². The van der Waals surface area contributed by atoms with E-state index in [1.807, 2.05) is 62.4 Å². The Morgan fingerprint density at radius 2 is 1.52 bits per heavy atom. The topological polar surface area (TPSA) is 88.1 Å². The van der Waals surface area contributed by atoms with Gasteiger partial charge in [0.25, 0.3) is 5.91 Å². The van der Waals surface area contributed by atoms with Crippen LogP contribution in [0.4, 0.5) is 21.2 Å². The fourth-order valence-electron chi connectivity index (χ4n) is 3.14. The van der Waals surface area contributed by atoms with E-state index in [9.17, 15) is 9.59 Å². The molecule has 0 atom stereocenters. The first-order valence-electron chi connectivity index (χ1n) is 9.67. The zero-order valence-corrected chi connectivity index (χ0v) is 17.9. The molecule has 0 fully saturated rings. The van der Waals surface area contributed by atoms with Gasteiger partial charge in [-0.25, -0.2) is 9.48 Å². The summed E-state index contributed by atoms with van der Waals surface area (Å²) >= 11 is 1.20. The van der Waals surface area contributed by atoms with E-state index >= 15 is 0 Å². The second kappa shape index (κ2) is 8.85. The van der Waals surface area contributed by atoms with Gasteiger partial charge in [0.2, 0.25) is 0 Å². The molecule has 0 saturated carbocycles. The molecule has 156 valence electrons. The number of carbonyl (C=O) groups excluding carboxylic acids is 2. The highest BCUT2D eigenvalue weighted by atomic mass is 32.1. The highest BCUT2D eigenvalue weighted by Gasteiger charge is 2.17. The van der Waals surface area contributed by atoms with Gasteiger partial charge in [0, 0.05) is 5.69 Å². The zero-order chi connectivity index (χ0) is 21.8. The van der Waals surface area contributed by atoms with Gasteiger partial charge in [-0.1, -0.05) is 36.4 Å². The molecule has 0 spiro atoms. The van der Waals surface area contributed by atoms with Crippen LogP contribution in [0.25, 0.3) is 5.69 Å². The summed E-state index contributed by atoms with van der Waals surface area (Å²) in [4.78, 5) is 25.4. The van der Waals surface area contributed by atoms with Gasteiger partial charge in [-0.15, -0.1) is 11.3 Å². The smallest absolute Gasteiger partial charge is 0.318 e. The number of carbonyl (C=O) groups is 2. The number of aromatic nitrogens is 2. The van der Waals surface area contributed by atoms with Gasteiger partial charge in [-0.3, -0.25) is 10.1 Å². The van der Waals surface area contributed by atoms with E-state index in [0.717, 1.165) is 17.1 Å². The molecule has 2 aromatic heterocycles. The predicted molar refractivity (Wildman–Crippen MR) is 124 cm³/mol. The van der Waals surface area contributed by atoms with Crippen LogP contribution in [0.3, 0.4) is 0 Å². The van der Waals surface area contributed by atoms with Gasteiger partial charge >= 0.3 is 6.03 Å². The average Bonchev–Trinajstić information content (AvgIpc) is 3.35. The molecule has 0 radical (unpaired) electrons. The van der Waals surface area contributed by atoms with Crippen molar-refractivity contribution in [3.05, 3.63) is 89.1 Å². The zero-order valence-electron chi connectivity index (χ0n) is 17.0. The number of amides is 3. The first-order chi connectivity index (χ1) is 15.0. The maximum absolute atomic E-state index is 12.8. The van der Waals surface area contributed by atoms with Crippen LogP contribution in [-0.4, -0.2) is 21.7 Å². The number of urea groups is 1. The van der Waals surface area contributed by atoms with Crippen molar-refractivity contribution in [3.8, 4) is 5.69 Å². The third-order valence-corrected chi connectivity index (χ3v) is 5.63. The van der Waals surface area contributed by atoms with E-state index in [-0.39, 0.29) is 11.9 Å². The Morgan fingerprint density at radius 3 is 2.23 bits per heavy atom. The molecule has 3 amide bonds. The van der Waals surface area contributed by atoms with E-state index in [1.165, 1.54) is 11.3 Å². The van der Waals surface area contributed by atoms with Crippen molar-refractivity contribution in [1.29, 1.82) is 0 Å². The fraction of sp³-hybridized carbons (Fsp3) is 0.0870. The maximum Gasteiger partial charge on any atom is 0.324 e. The minimum atomic E-state index is -0.365. The van der Waals surface area contributed by atoms with Crippen LogP contribution in [0.5, 0.6) is 0 Å². The maximum atomic E-state index is 12.8. The van der Waals surface area contributed by atoms with Crippen LogP contribution in [0.15, 0.2) is 72.8 Å². The highest BCUT2D eigenvalue weighted by molar-refractivity contribution is 7.18. The number of benzene rings is 2. The minimum absolute atomic E-state index is 0.250. The molecule has 0 aliphatic carbocycles. The lowest BCUT2D eigenvalue weighted by atomic mass is 10.3. The fourth-order valence-corrected chi connectivity index (χ4v) is 3.94. The summed E-state index contributed by atoms with van der Waals surface area (Å²) in [5.41, 5.74) is 3.87. The molecule has 2 aromatic carbocycles. The molecule has 3 N–H and O–H groups in total. The average molecular weight is 432 g/mol. The summed E-state index contributed by atoms with van der Waals surface area (Å²) in [7, 11) is 0. The van der Waals surface area contributed by atoms with E-state index in [0.29, 0.717) is 21.3 Å². The molecule has 0 saturated heterocycles. The van der Waals surface area contributed by atoms with Crippen LogP contribution in [0.2, 0.25) is 0 Å². The van der Waals surface area contributed by atoms with Crippen molar-refractivity contribution in [1.82, 2.24) is 9.78 Å². The molecule has 4 aromatic rings. The van der Waals surface area contributed by atoms with Gasteiger partial charge < -0.3 is 10.6 Å². The Balaban J connectivity index is 1.44. The van der Waals surface area contributed by atoms with Gasteiger partial charge in [0.1, 0.15) is 0 Å². The third-order valence-electron chi connectivity index (χ3n) is 4.63. The van der Waals surface area contributed by atoms with Gasteiger partial charge in [-0.2, -0.15) is 5.10 Å². The molecule has 0 aliphatic heterocycles. The lowest BCUT2D eigenvalue weighted by molar-refractivity contribution is 0.103. The lowest BCUT2D eigenvalue weighted by Gasteiger charge is -2.06. The highest BCUT2D eigenvalue weighted by Crippen LogP contribution is 2.26. The van der Waals surface area contributed by atoms with Crippen molar-refractivity contribution in [2.75, 3.05) is 16.0 Å². The number of nitrogens with one attached hydrogen (secondary N) is 3. The Hall–Kier alpha value is -3.91. The van der Waals surface area contributed by atoms with Crippen LogP contribution in [0, 0.1) is 13.8 Å². The van der Waals surface area contributed by atoms with E-state index in [2.05, 4.69) is 21.0 Å². The number of para-hydroxylation sites is 2. The number of hydrogen-bond donors (Lipinski definition) is 3. The Labute approximate surface area is 183 Å². The molecule has 8 heteroatoms. The second-order valence-electron chi connectivity index (χ2n) is 6.86. The summed E-state index contributed by atoms with van der Waals surface area (Å²) in [6, 6.07) is 21.9. The summed E-state index contributed by atoms with van der Waals surface area (Å²) in [5.74, 6) is -0.250. The van der Waals surface area contributed by atoms with Crippen molar-refractivity contribution in [3.63, 3.8) is 0 Å². The van der Waals surface area contributed by atoms with Crippen LogP contribution in [-0.2, 0) is 0 Å². The Morgan fingerprint density at radius 1 is 0.839 bits per heavy atom. The normalized spacial score (nSPS) is 10.5. The summed E-state index contributed by atoms with van der Waals surface area (Å²) in [6.07, 6.45) is 0. The largest absolute Gasteiger partial charge is 0.324 e. The van der Waals surface area contributed by atoms with Crippen molar-refractivity contribution < 1.29 is 9.59 Å².